The number of aromatic hydroxyl groups is 1. The third-order valence-corrected chi connectivity index (χ3v) is 4.74. The summed E-state index contributed by atoms with van der Waals surface area (Å²) < 4.78 is 0. The summed E-state index contributed by atoms with van der Waals surface area (Å²) in [6.07, 6.45) is 1.31. The van der Waals surface area contributed by atoms with Crippen molar-refractivity contribution >= 4 is 28.2 Å². The fourth-order valence-electron chi connectivity index (χ4n) is 2.45. The van der Waals surface area contributed by atoms with Gasteiger partial charge in [0.2, 0.25) is 0 Å². The molecule has 1 fully saturated rings. The third kappa shape index (κ3) is 2.27. The van der Waals surface area contributed by atoms with Crippen molar-refractivity contribution in [1.29, 1.82) is 0 Å². The molecule has 2 nitrogen and oxygen atoms in total. The van der Waals surface area contributed by atoms with E-state index >= 15 is 0 Å². The summed E-state index contributed by atoms with van der Waals surface area (Å²) >= 11 is 2.04. The first kappa shape index (κ1) is 11.7. The van der Waals surface area contributed by atoms with E-state index in [2.05, 4.69) is 17.4 Å². The van der Waals surface area contributed by atoms with Crippen molar-refractivity contribution in [3.8, 4) is 5.75 Å². The van der Waals surface area contributed by atoms with Crippen molar-refractivity contribution in [1.82, 2.24) is 0 Å². The Bertz CT molecular complexity index is 549. The Balaban J connectivity index is 1.85. The Morgan fingerprint density at radius 1 is 1.17 bits per heavy atom. The highest BCUT2D eigenvalue weighted by Crippen LogP contribution is 2.30. The van der Waals surface area contributed by atoms with Crippen LogP contribution in [-0.2, 0) is 0 Å². The van der Waals surface area contributed by atoms with E-state index in [4.69, 9.17) is 0 Å². The van der Waals surface area contributed by atoms with E-state index in [1.54, 1.807) is 6.07 Å². The normalized spacial score (nSPS) is 19.2. The first-order valence-electron chi connectivity index (χ1n) is 6.37. The highest BCUT2D eigenvalue weighted by atomic mass is 32.2. The van der Waals surface area contributed by atoms with E-state index < -0.39 is 0 Å². The number of hydrogen-bond donors (Lipinski definition) is 2. The average molecular weight is 259 g/mol. The number of phenols is 1. The SMILES string of the molecule is Oc1cccc2c(NCC3CCSC3)cccc12. The highest BCUT2D eigenvalue weighted by Gasteiger charge is 2.15. The molecule has 3 rings (SSSR count). The van der Waals surface area contributed by atoms with Crippen molar-refractivity contribution in [2.24, 2.45) is 5.92 Å². The van der Waals surface area contributed by atoms with Crippen LogP contribution < -0.4 is 5.32 Å². The van der Waals surface area contributed by atoms with Gasteiger partial charge in [-0.1, -0.05) is 24.3 Å². The Kier molecular flexibility index (Phi) is 3.33. The van der Waals surface area contributed by atoms with Crippen LogP contribution in [0.4, 0.5) is 5.69 Å². The van der Waals surface area contributed by atoms with Crippen molar-refractivity contribution in [3.63, 3.8) is 0 Å². The zero-order chi connectivity index (χ0) is 12.4. The molecule has 0 amide bonds. The van der Waals surface area contributed by atoms with Crippen LogP contribution in [0, 0.1) is 5.92 Å². The van der Waals surface area contributed by atoms with Crippen LogP contribution in [-0.4, -0.2) is 23.2 Å². The van der Waals surface area contributed by atoms with Crippen molar-refractivity contribution in [3.05, 3.63) is 36.4 Å². The van der Waals surface area contributed by atoms with E-state index in [1.807, 2.05) is 30.0 Å². The zero-order valence-electron chi connectivity index (χ0n) is 10.2. The van der Waals surface area contributed by atoms with E-state index in [9.17, 15) is 5.11 Å². The summed E-state index contributed by atoms with van der Waals surface area (Å²) in [5.74, 6) is 3.70. The summed E-state index contributed by atoms with van der Waals surface area (Å²) in [4.78, 5) is 0. The lowest BCUT2D eigenvalue weighted by Crippen LogP contribution is -2.13. The standard InChI is InChI=1S/C15H17NOS/c17-15-6-2-3-12-13(15)4-1-5-14(12)16-9-11-7-8-18-10-11/h1-6,11,16-17H,7-10H2. The molecule has 0 saturated carbocycles. The number of thioether (sulfide) groups is 1. The van der Waals surface area contributed by atoms with Crippen LogP contribution in [0.5, 0.6) is 5.75 Å². The van der Waals surface area contributed by atoms with Crippen LogP contribution in [0.1, 0.15) is 6.42 Å². The molecular formula is C15H17NOS. The predicted molar refractivity (Wildman–Crippen MR) is 79.5 cm³/mol. The van der Waals surface area contributed by atoms with Gasteiger partial charge in [0, 0.05) is 23.0 Å². The minimum Gasteiger partial charge on any atom is -0.507 e. The second-order valence-corrected chi connectivity index (χ2v) is 5.94. The Hall–Kier alpha value is -1.35. The number of rotatable bonds is 3. The molecule has 2 N–H and O–H groups in total. The maximum absolute atomic E-state index is 9.84. The van der Waals surface area contributed by atoms with Gasteiger partial charge in [0.25, 0.3) is 0 Å². The van der Waals surface area contributed by atoms with Crippen LogP contribution in [0.15, 0.2) is 36.4 Å². The van der Waals surface area contributed by atoms with Gasteiger partial charge in [-0.05, 0) is 36.0 Å². The van der Waals surface area contributed by atoms with Gasteiger partial charge in [0.05, 0.1) is 0 Å². The fourth-order valence-corrected chi connectivity index (χ4v) is 3.73. The minimum absolute atomic E-state index is 0.354. The minimum atomic E-state index is 0.354. The molecule has 1 atom stereocenters. The average Bonchev–Trinajstić information content (AvgIpc) is 2.90. The largest absolute Gasteiger partial charge is 0.507 e. The molecule has 0 radical (unpaired) electrons. The lowest BCUT2D eigenvalue weighted by atomic mass is 10.1. The molecule has 94 valence electrons. The number of anilines is 1. The molecular weight excluding hydrogens is 242 g/mol. The topological polar surface area (TPSA) is 32.3 Å². The molecule has 3 heteroatoms. The zero-order valence-corrected chi connectivity index (χ0v) is 11.0. The maximum Gasteiger partial charge on any atom is 0.123 e. The molecule has 2 aromatic rings. The van der Waals surface area contributed by atoms with E-state index in [1.165, 1.54) is 17.9 Å². The summed E-state index contributed by atoms with van der Waals surface area (Å²) in [5, 5.41) is 15.4. The molecule has 1 saturated heterocycles. The Morgan fingerprint density at radius 2 is 2.00 bits per heavy atom. The smallest absolute Gasteiger partial charge is 0.123 e. The fraction of sp³-hybridized carbons (Fsp3) is 0.333. The van der Waals surface area contributed by atoms with Gasteiger partial charge in [-0.3, -0.25) is 0 Å². The lowest BCUT2D eigenvalue weighted by Gasteiger charge is -2.13. The molecule has 1 heterocycles. The van der Waals surface area contributed by atoms with E-state index in [-0.39, 0.29) is 0 Å². The molecule has 18 heavy (non-hydrogen) atoms. The maximum atomic E-state index is 9.84. The number of fused-ring (bicyclic) bond motifs is 1. The van der Waals surface area contributed by atoms with Gasteiger partial charge in [0.1, 0.15) is 5.75 Å². The van der Waals surface area contributed by atoms with E-state index in [0.717, 1.165) is 28.9 Å². The van der Waals surface area contributed by atoms with Crippen LogP contribution >= 0.6 is 11.8 Å². The third-order valence-electron chi connectivity index (χ3n) is 3.50. The second kappa shape index (κ2) is 5.11. The highest BCUT2D eigenvalue weighted by molar-refractivity contribution is 7.99. The van der Waals surface area contributed by atoms with Crippen LogP contribution in [0.3, 0.4) is 0 Å². The summed E-state index contributed by atoms with van der Waals surface area (Å²) in [6.45, 7) is 1.03. The summed E-state index contributed by atoms with van der Waals surface area (Å²) in [5.41, 5.74) is 1.13. The van der Waals surface area contributed by atoms with Gasteiger partial charge < -0.3 is 10.4 Å². The number of nitrogens with one attached hydrogen (secondary N) is 1. The molecule has 0 bridgehead atoms. The van der Waals surface area contributed by atoms with Gasteiger partial charge in [-0.25, -0.2) is 0 Å². The number of hydrogen-bond acceptors (Lipinski definition) is 3. The van der Waals surface area contributed by atoms with Crippen molar-refractivity contribution in [2.75, 3.05) is 23.4 Å². The van der Waals surface area contributed by atoms with Crippen LogP contribution in [0.2, 0.25) is 0 Å². The molecule has 0 spiro atoms. The molecule has 1 aliphatic heterocycles. The first-order valence-corrected chi connectivity index (χ1v) is 7.52. The molecule has 1 unspecified atom stereocenters. The number of benzene rings is 2. The van der Waals surface area contributed by atoms with E-state index in [0.29, 0.717) is 5.75 Å². The monoisotopic (exact) mass is 259 g/mol. The van der Waals surface area contributed by atoms with Gasteiger partial charge in [-0.2, -0.15) is 11.8 Å². The first-order chi connectivity index (χ1) is 8.84. The molecule has 1 aliphatic rings. The Labute approximate surface area is 111 Å². The predicted octanol–water partition coefficient (Wildman–Crippen LogP) is 3.71. The summed E-state index contributed by atoms with van der Waals surface area (Å²) in [7, 11) is 0. The lowest BCUT2D eigenvalue weighted by molar-refractivity contribution is 0.481. The molecule has 0 aromatic heterocycles. The van der Waals surface area contributed by atoms with Gasteiger partial charge in [-0.15, -0.1) is 0 Å². The molecule has 0 aliphatic carbocycles. The van der Waals surface area contributed by atoms with Gasteiger partial charge >= 0.3 is 0 Å². The van der Waals surface area contributed by atoms with Gasteiger partial charge in [0.15, 0.2) is 0 Å². The van der Waals surface area contributed by atoms with Crippen molar-refractivity contribution in [2.45, 2.75) is 6.42 Å². The molecule has 2 aromatic carbocycles. The quantitative estimate of drug-likeness (QED) is 0.881. The second-order valence-electron chi connectivity index (χ2n) is 4.79. The Morgan fingerprint density at radius 3 is 2.83 bits per heavy atom. The summed E-state index contributed by atoms with van der Waals surface area (Å²) in [6, 6.07) is 11.7. The van der Waals surface area contributed by atoms with Crippen molar-refractivity contribution < 1.29 is 5.11 Å². The number of phenolic OH excluding ortho intramolecular Hbond substituents is 1. The van der Waals surface area contributed by atoms with Crippen LogP contribution in [0.25, 0.3) is 10.8 Å².